The Labute approximate surface area is 90.9 Å². The van der Waals surface area contributed by atoms with Crippen LogP contribution in [0.15, 0.2) is 24.3 Å². The van der Waals surface area contributed by atoms with E-state index in [1.807, 2.05) is 12.1 Å². The summed E-state index contributed by atoms with van der Waals surface area (Å²) in [6.45, 7) is 0.452. The van der Waals surface area contributed by atoms with Gasteiger partial charge in [0.1, 0.15) is 12.4 Å². The molecule has 1 aromatic carbocycles. The van der Waals surface area contributed by atoms with Crippen LogP contribution in [0.2, 0.25) is 0 Å². The number of benzene rings is 1. The van der Waals surface area contributed by atoms with Crippen LogP contribution in [-0.2, 0) is 0 Å². The molecule has 0 amide bonds. The summed E-state index contributed by atoms with van der Waals surface area (Å²) >= 11 is 0. The Morgan fingerprint density at radius 1 is 1.13 bits per heavy atom. The van der Waals surface area contributed by atoms with E-state index in [1.165, 1.54) is 31.2 Å². The molecule has 0 unspecified atom stereocenters. The van der Waals surface area contributed by atoms with Gasteiger partial charge in [-0.15, -0.1) is 0 Å². The minimum absolute atomic E-state index is 0.0738. The Morgan fingerprint density at radius 3 is 2.40 bits per heavy atom. The molecule has 1 aliphatic carbocycles. The van der Waals surface area contributed by atoms with Gasteiger partial charge in [-0.2, -0.15) is 0 Å². The first-order chi connectivity index (χ1) is 7.40. The van der Waals surface area contributed by atoms with Crippen molar-refractivity contribution in [1.29, 1.82) is 0 Å². The molecule has 0 heterocycles. The predicted octanol–water partition coefficient (Wildman–Crippen LogP) is 2.72. The maximum Gasteiger partial charge on any atom is 0.119 e. The Balaban J connectivity index is 1.96. The van der Waals surface area contributed by atoms with E-state index in [4.69, 9.17) is 9.84 Å². The molecule has 1 aliphatic rings. The Kier molecular flexibility index (Phi) is 3.62. The van der Waals surface area contributed by atoms with Crippen molar-refractivity contribution in [3.8, 4) is 5.75 Å². The fraction of sp³-hybridized carbons (Fsp3) is 0.538. The van der Waals surface area contributed by atoms with Crippen molar-refractivity contribution in [3.05, 3.63) is 29.8 Å². The number of aliphatic hydroxyl groups excluding tert-OH is 1. The Morgan fingerprint density at radius 2 is 1.80 bits per heavy atom. The number of aliphatic hydroxyl groups is 1. The Hall–Kier alpha value is -1.02. The summed E-state index contributed by atoms with van der Waals surface area (Å²) in [5.74, 6) is 1.61. The third kappa shape index (κ3) is 2.72. The molecule has 2 rings (SSSR count). The molecule has 2 heteroatoms. The average Bonchev–Trinajstić information content (AvgIpc) is 2.80. The van der Waals surface area contributed by atoms with Crippen molar-refractivity contribution in [1.82, 2.24) is 0 Å². The fourth-order valence-corrected chi connectivity index (χ4v) is 2.26. The van der Waals surface area contributed by atoms with E-state index in [9.17, 15) is 0 Å². The SMILES string of the molecule is OCCOc1ccc(C2CCCC2)cc1. The highest BCUT2D eigenvalue weighted by Crippen LogP contribution is 2.34. The van der Waals surface area contributed by atoms with Gasteiger partial charge in [0, 0.05) is 0 Å². The van der Waals surface area contributed by atoms with Crippen molar-refractivity contribution >= 4 is 0 Å². The van der Waals surface area contributed by atoms with Crippen LogP contribution in [0.3, 0.4) is 0 Å². The summed E-state index contributed by atoms with van der Waals surface area (Å²) in [7, 11) is 0. The summed E-state index contributed by atoms with van der Waals surface area (Å²) in [4.78, 5) is 0. The normalized spacial score (nSPS) is 16.9. The number of ether oxygens (including phenoxy) is 1. The summed E-state index contributed by atoms with van der Waals surface area (Å²) in [5.41, 5.74) is 1.43. The molecule has 82 valence electrons. The van der Waals surface area contributed by atoms with Gasteiger partial charge in [0.2, 0.25) is 0 Å². The van der Waals surface area contributed by atoms with E-state index in [2.05, 4.69) is 12.1 Å². The highest BCUT2D eigenvalue weighted by atomic mass is 16.5. The van der Waals surface area contributed by atoms with Gasteiger partial charge in [0.05, 0.1) is 6.61 Å². The minimum atomic E-state index is 0.0738. The molecule has 1 N–H and O–H groups in total. The Bertz CT molecular complexity index is 286. The molecular weight excluding hydrogens is 188 g/mol. The van der Waals surface area contributed by atoms with E-state index < -0.39 is 0 Å². The van der Waals surface area contributed by atoms with E-state index in [0.717, 1.165) is 11.7 Å². The molecule has 15 heavy (non-hydrogen) atoms. The van der Waals surface area contributed by atoms with Gasteiger partial charge in [0.15, 0.2) is 0 Å². The molecule has 1 saturated carbocycles. The third-order valence-electron chi connectivity index (χ3n) is 3.07. The van der Waals surface area contributed by atoms with Crippen LogP contribution >= 0.6 is 0 Å². The zero-order valence-electron chi connectivity index (χ0n) is 8.98. The second-order valence-corrected chi connectivity index (χ2v) is 4.12. The van der Waals surface area contributed by atoms with Gasteiger partial charge in [-0.1, -0.05) is 25.0 Å². The van der Waals surface area contributed by atoms with Crippen molar-refractivity contribution < 1.29 is 9.84 Å². The highest BCUT2D eigenvalue weighted by Gasteiger charge is 2.16. The molecule has 1 fully saturated rings. The van der Waals surface area contributed by atoms with Crippen molar-refractivity contribution in [2.45, 2.75) is 31.6 Å². The molecule has 0 aromatic heterocycles. The van der Waals surface area contributed by atoms with E-state index in [0.29, 0.717) is 6.61 Å². The van der Waals surface area contributed by atoms with Crippen molar-refractivity contribution in [2.24, 2.45) is 0 Å². The average molecular weight is 206 g/mol. The second-order valence-electron chi connectivity index (χ2n) is 4.12. The predicted molar refractivity (Wildman–Crippen MR) is 60.2 cm³/mol. The van der Waals surface area contributed by atoms with Crippen LogP contribution in [0.25, 0.3) is 0 Å². The molecule has 1 aromatic rings. The molecular formula is C13H18O2. The third-order valence-corrected chi connectivity index (χ3v) is 3.07. The lowest BCUT2D eigenvalue weighted by Gasteiger charge is -2.10. The van der Waals surface area contributed by atoms with Crippen LogP contribution in [0.1, 0.15) is 37.2 Å². The van der Waals surface area contributed by atoms with E-state index in [-0.39, 0.29) is 6.61 Å². The first kappa shape index (κ1) is 10.5. The molecule has 0 saturated heterocycles. The maximum atomic E-state index is 8.63. The van der Waals surface area contributed by atoms with E-state index in [1.54, 1.807) is 0 Å². The van der Waals surface area contributed by atoms with Gasteiger partial charge in [-0.3, -0.25) is 0 Å². The second kappa shape index (κ2) is 5.17. The van der Waals surface area contributed by atoms with Gasteiger partial charge in [-0.05, 0) is 36.5 Å². The van der Waals surface area contributed by atoms with Gasteiger partial charge < -0.3 is 9.84 Å². The van der Waals surface area contributed by atoms with Crippen LogP contribution in [0, 0.1) is 0 Å². The summed E-state index contributed by atoms with van der Waals surface area (Å²) in [6, 6.07) is 8.32. The lowest BCUT2D eigenvalue weighted by Crippen LogP contribution is -2.01. The van der Waals surface area contributed by atoms with Crippen LogP contribution < -0.4 is 4.74 Å². The summed E-state index contributed by atoms with van der Waals surface area (Å²) < 4.78 is 5.32. The monoisotopic (exact) mass is 206 g/mol. The topological polar surface area (TPSA) is 29.5 Å². The zero-order chi connectivity index (χ0) is 10.5. The van der Waals surface area contributed by atoms with Crippen molar-refractivity contribution in [3.63, 3.8) is 0 Å². The first-order valence-electron chi connectivity index (χ1n) is 5.74. The molecule has 2 nitrogen and oxygen atoms in total. The maximum absolute atomic E-state index is 8.63. The smallest absolute Gasteiger partial charge is 0.119 e. The van der Waals surface area contributed by atoms with Gasteiger partial charge in [-0.25, -0.2) is 0 Å². The molecule has 0 spiro atoms. The standard InChI is InChI=1S/C13H18O2/c14-9-10-15-13-7-5-12(6-8-13)11-3-1-2-4-11/h5-8,11,14H,1-4,9-10H2. The summed E-state index contributed by atoms with van der Waals surface area (Å²) in [6.07, 6.45) is 5.40. The van der Waals surface area contributed by atoms with E-state index >= 15 is 0 Å². The number of hydrogen-bond donors (Lipinski definition) is 1. The minimum Gasteiger partial charge on any atom is -0.491 e. The van der Waals surface area contributed by atoms with Gasteiger partial charge >= 0.3 is 0 Å². The van der Waals surface area contributed by atoms with Crippen LogP contribution in [0.4, 0.5) is 0 Å². The van der Waals surface area contributed by atoms with Crippen molar-refractivity contribution in [2.75, 3.05) is 13.2 Å². The fourth-order valence-electron chi connectivity index (χ4n) is 2.26. The van der Waals surface area contributed by atoms with Gasteiger partial charge in [0.25, 0.3) is 0 Å². The number of rotatable bonds is 4. The lowest BCUT2D eigenvalue weighted by molar-refractivity contribution is 0.201. The molecule has 0 radical (unpaired) electrons. The molecule has 0 bridgehead atoms. The first-order valence-corrected chi connectivity index (χ1v) is 5.74. The van der Waals surface area contributed by atoms with Crippen LogP contribution in [0.5, 0.6) is 5.75 Å². The molecule has 0 atom stereocenters. The highest BCUT2D eigenvalue weighted by molar-refractivity contribution is 5.29. The number of hydrogen-bond acceptors (Lipinski definition) is 2. The largest absolute Gasteiger partial charge is 0.491 e. The quantitative estimate of drug-likeness (QED) is 0.820. The zero-order valence-corrected chi connectivity index (χ0v) is 8.98. The summed E-state index contributed by atoms with van der Waals surface area (Å²) in [5, 5.41) is 8.63. The lowest BCUT2D eigenvalue weighted by atomic mass is 9.98. The van der Waals surface area contributed by atoms with Crippen LogP contribution in [-0.4, -0.2) is 18.3 Å². The molecule has 0 aliphatic heterocycles.